The van der Waals surface area contributed by atoms with Crippen molar-refractivity contribution in [2.24, 2.45) is 0 Å². The third kappa shape index (κ3) is 5.73. The minimum atomic E-state index is -0.817. The lowest BCUT2D eigenvalue weighted by molar-refractivity contribution is -0.135. The lowest BCUT2D eigenvalue weighted by atomic mass is 10.1. The monoisotopic (exact) mass is 326 g/mol. The Morgan fingerprint density at radius 3 is 2.50 bits per heavy atom. The number of rotatable bonds is 6. The van der Waals surface area contributed by atoms with Gasteiger partial charge in [0.25, 0.3) is 0 Å². The molecule has 0 aliphatic rings. The lowest BCUT2D eigenvalue weighted by Gasteiger charge is -2.20. The van der Waals surface area contributed by atoms with E-state index in [2.05, 4.69) is 10.1 Å². The predicted molar refractivity (Wildman–Crippen MR) is 82.6 cm³/mol. The van der Waals surface area contributed by atoms with E-state index in [0.717, 1.165) is 0 Å². The predicted octanol–water partition coefficient (Wildman–Crippen LogP) is 2.00. The Bertz CT molecular complexity index is 548. The topological polar surface area (TPSA) is 75.7 Å². The number of carbonyl (C=O) groups excluding carboxylic acids is 3. The molecule has 0 aliphatic carbocycles. The molecule has 0 unspecified atom stereocenters. The maximum Gasteiger partial charge on any atom is 0.413 e. The molecule has 3 amide bonds. The van der Waals surface area contributed by atoms with Gasteiger partial charge in [-0.2, -0.15) is 0 Å². The van der Waals surface area contributed by atoms with Gasteiger partial charge in [-0.1, -0.05) is 29.8 Å². The van der Waals surface area contributed by atoms with Crippen LogP contribution in [0, 0.1) is 0 Å². The molecule has 0 radical (unpaired) electrons. The van der Waals surface area contributed by atoms with E-state index in [1.54, 1.807) is 38.1 Å². The number of nitrogens with zero attached hydrogens (tertiary/aromatic N) is 1. The van der Waals surface area contributed by atoms with Crippen LogP contribution in [0.1, 0.15) is 19.4 Å². The standard InChI is InChI=1S/C15H19ClN2O4/c1-3-18(10-13(19)17-15(21)22-4-2)14(20)9-11-7-5-6-8-12(11)16/h5-8H,3-4,9-10H2,1-2H3,(H,17,19,21). The van der Waals surface area contributed by atoms with Gasteiger partial charge in [0.1, 0.15) is 6.54 Å². The van der Waals surface area contributed by atoms with E-state index in [0.29, 0.717) is 17.1 Å². The zero-order valence-electron chi connectivity index (χ0n) is 12.6. The first-order valence-corrected chi connectivity index (χ1v) is 7.33. The van der Waals surface area contributed by atoms with Crippen LogP contribution in [0.5, 0.6) is 0 Å². The number of hydrogen-bond donors (Lipinski definition) is 1. The quantitative estimate of drug-likeness (QED) is 0.867. The fourth-order valence-electron chi connectivity index (χ4n) is 1.79. The zero-order chi connectivity index (χ0) is 16.5. The zero-order valence-corrected chi connectivity index (χ0v) is 13.4. The molecular weight excluding hydrogens is 308 g/mol. The van der Waals surface area contributed by atoms with Crippen molar-refractivity contribution in [3.63, 3.8) is 0 Å². The van der Waals surface area contributed by atoms with Crippen LogP contribution in [0.3, 0.4) is 0 Å². The molecule has 0 heterocycles. The molecule has 120 valence electrons. The van der Waals surface area contributed by atoms with Crippen LogP contribution in [-0.2, 0) is 20.7 Å². The molecule has 0 fully saturated rings. The normalized spacial score (nSPS) is 9.95. The van der Waals surface area contributed by atoms with Crippen LogP contribution in [0.2, 0.25) is 5.02 Å². The number of likely N-dealkylation sites (N-methyl/N-ethyl adjacent to an activating group) is 1. The second-order valence-corrected chi connectivity index (χ2v) is 4.85. The maximum atomic E-state index is 12.2. The van der Waals surface area contributed by atoms with Crippen LogP contribution in [0.25, 0.3) is 0 Å². The van der Waals surface area contributed by atoms with Gasteiger partial charge in [0.05, 0.1) is 13.0 Å². The molecule has 0 saturated heterocycles. The molecule has 0 aliphatic heterocycles. The van der Waals surface area contributed by atoms with Gasteiger partial charge in [-0.25, -0.2) is 4.79 Å². The Labute approximate surface area is 134 Å². The second kappa shape index (κ2) is 9.04. The minimum Gasteiger partial charge on any atom is -0.450 e. The third-order valence-corrected chi connectivity index (χ3v) is 3.25. The number of halogens is 1. The maximum absolute atomic E-state index is 12.2. The third-order valence-electron chi connectivity index (χ3n) is 2.89. The van der Waals surface area contributed by atoms with Crippen LogP contribution >= 0.6 is 11.6 Å². The summed E-state index contributed by atoms with van der Waals surface area (Å²) in [5.74, 6) is -0.831. The van der Waals surface area contributed by atoms with Crippen LogP contribution < -0.4 is 5.32 Å². The van der Waals surface area contributed by atoms with Crippen molar-refractivity contribution in [3.8, 4) is 0 Å². The molecule has 0 atom stereocenters. The molecule has 6 nitrogen and oxygen atoms in total. The summed E-state index contributed by atoms with van der Waals surface area (Å²) < 4.78 is 4.61. The highest BCUT2D eigenvalue weighted by Crippen LogP contribution is 2.16. The summed E-state index contributed by atoms with van der Waals surface area (Å²) in [6.07, 6.45) is -0.720. The van der Waals surface area contributed by atoms with Gasteiger partial charge in [0.15, 0.2) is 0 Å². The van der Waals surface area contributed by atoms with Crippen LogP contribution in [0.4, 0.5) is 4.79 Å². The van der Waals surface area contributed by atoms with Crippen molar-refractivity contribution in [2.45, 2.75) is 20.3 Å². The summed E-state index contributed by atoms with van der Waals surface area (Å²) >= 11 is 6.01. The van der Waals surface area contributed by atoms with E-state index in [1.165, 1.54) is 4.90 Å². The molecular formula is C15H19ClN2O4. The highest BCUT2D eigenvalue weighted by atomic mass is 35.5. The average molecular weight is 327 g/mol. The first-order valence-electron chi connectivity index (χ1n) is 6.95. The van der Waals surface area contributed by atoms with Crippen molar-refractivity contribution < 1.29 is 19.1 Å². The van der Waals surface area contributed by atoms with Crippen LogP contribution in [0.15, 0.2) is 24.3 Å². The first-order chi connectivity index (χ1) is 10.5. The van der Waals surface area contributed by atoms with Crippen molar-refractivity contribution in [2.75, 3.05) is 19.7 Å². The number of carbonyl (C=O) groups is 3. The number of benzene rings is 1. The van der Waals surface area contributed by atoms with Crippen molar-refractivity contribution in [1.29, 1.82) is 0 Å². The van der Waals surface area contributed by atoms with E-state index >= 15 is 0 Å². The van der Waals surface area contributed by atoms with Gasteiger partial charge in [-0.15, -0.1) is 0 Å². The Hall–Kier alpha value is -2.08. The Balaban J connectivity index is 2.60. The van der Waals surface area contributed by atoms with E-state index in [-0.39, 0.29) is 25.5 Å². The van der Waals surface area contributed by atoms with Crippen LogP contribution in [-0.4, -0.2) is 42.5 Å². The largest absolute Gasteiger partial charge is 0.450 e. The van der Waals surface area contributed by atoms with E-state index in [1.807, 2.05) is 0 Å². The van der Waals surface area contributed by atoms with E-state index in [4.69, 9.17) is 11.6 Å². The lowest BCUT2D eigenvalue weighted by Crippen LogP contribution is -2.43. The number of ether oxygens (including phenoxy) is 1. The van der Waals surface area contributed by atoms with Crippen molar-refractivity contribution in [1.82, 2.24) is 10.2 Å². The summed E-state index contributed by atoms with van der Waals surface area (Å²) in [7, 11) is 0. The van der Waals surface area contributed by atoms with Gasteiger partial charge < -0.3 is 9.64 Å². The smallest absolute Gasteiger partial charge is 0.413 e. The number of amides is 3. The molecule has 1 N–H and O–H groups in total. The molecule has 0 aromatic heterocycles. The van der Waals surface area contributed by atoms with Gasteiger partial charge in [0, 0.05) is 11.6 Å². The molecule has 1 aromatic rings. The van der Waals surface area contributed by atoms with Gasteiger partial charge in [-0.05, 0) is 25.5 Å². The summed E-state index contributed by atoms with van der Waals surface area (Å²) in [5.41, 5.74) is 0.693. The number of imide groups is 1. The summed E-state index contributed by atoms with van der Waals surface area (Å²) in [6.45, 7) is 3.69. The minimum absolute atomic E-state index is 0.0974. The molecule has 0 saturated carbocycles. The number of hydrogen-bond acceptors (Lipinski definition) is 4. The van der Waals surface area contributed by atoms with Gasteiger partial charge in [-0.3, -0.25) is 14.9 Å². The van der Waals surface area contributed by atoms with E-state index in [9.17, 15) is 14.4 Å². The second-order valence-electron chi connectivity index (χ2n) is 4.44. The molecule has 0 bridgehead atoms. The Kier molecular flexibility index (Phi) is 7.39. The average Bonchev–Trinajstić information content (AvgIpc) is 2.47. The fraction of sp³-hybridized carbons (Fsp3) is 0.400. The molecule has 22 heavy (non-hydrogen) atoms. The molecule has 1 rings (SSSR count). The summed E-state index contributed by atoms with van der Waals surface area (Å²) in [6, 6.07) is 7.03. The molecule has 7 heteroatoms. The Morgan fingerprint density at radius 2 is 1.91 bits per heavy atom. The summed E-state index contributed by atoms with van der Waals surface area (Å²) in [5, 5.41) is 2.56. The van der Waals surface area contributed by atoms with Gasteiger partial charge >= 0.3 is 6.09 Å². The molecule has 0 spiro atoms. The number of nitrogens with one attached hydrogen (secondary N) is 1. The van der Waals surface area contributed by atoms with E-state index < -0.39 is 12.0 Å². The fourth-order valence-corrected chi connectivity index (χ4v) is 1.99. The highest BCUT2D eigenvalue weighted by molar-refractivity contribution is 6.31. The summed E-state index contributed by atoms with van der Waals surface area (Å²) in [4.78, 5) is 36.4. The molecule has 1 aromatic carbocycles. The first kappa shape index (κ1) is 18.0. The van der Waals surface area contributed by atoms with Crippen molar-refractivity contribution in [3.05, 3.63) is 34.9 Å². The Morgan fingerprint density at radius 1 is 1.23 bits per heavy atom. The number of alkyl carbamates (subject to hydrolysis) is 1. The van der Waals surface area contributed by atoms with Gasteiger partial charge in [0.2, 0.25) is 11.8 Å². The SMILES string of the molecule is CCOC(=O)NC(=O)CN(CC)C(=O)Cc1ccccc1Cl. The highest BCUT2D eigenvalue weighted by Gasteiger charge is 2.18. The van der Waals surface area contributed by atoms with Crippen molar-refractivity contribution >= 4 is 29.5 Å².